The van der Waals surface area contributed by atoms with E-state index in [1.54, 1.807) is 23.1 Å². The quantitative estimate of drug-likeness (QED) is 0.758. The minimum Gasteiger partial charge on any atom is -0.485 e. The molecule has 1 aromatic carbocycles. The van der Waals surface area contributed by atoms with Crippen LogP contribution in [0.1, 0.15) is 25.7 Å². The highest BCUT2D eigenvalue weighted by Crippen LogP contribution is 2.32. The Morgan fingerprint density at radius 1 is 1.00 bits per heavy atom. The highest BCUT2D eigenvalue weighted by Gasteiger charge is 2.40. The molecule has 0 spiro atoms. The van der Waals surface area contributed by atoms with Crippen molar-refractivity contribution in [3.05, 3.63) is 48.4 Å². The van der Waals surface area contributed by atoms with Gasteiger partial charge in [0, 0.05) is 38.9 Å². The number of anilines is 2. The maximum absolute atomic E-state index is 14.2. The van der Waals surface area contributed by atoms with Crippen LogP contribution in [0.25, 0.3) is 0 Å². The van der Waals surface area contributed by atoms with E-state index in [0.717, 1.165) is 37.6 Å². The summed E-state index contributed by atoms with van der Waals surface area (Å²) in [7, 11) is 0. The molecule has 2 atom stereocenters. The lowest BCUT2D eigenvalue weighted by molar-refractivity contribution is -0.121. The number of aromatic nitrogens is 1. The van der Waals surface area contributed by atoms with Crippen LogP contribution in [0.15, 0.2) is 42.6 Å². The molecule has 0 saturated carbocycles. The molecule has 0 bridgehead atoms. The van der Waals surface area contributed by atoms with E-state index in [2.05, 4.69) is 14.8 Å². The predicted octanol–water partition coefficient (Wildman–Crippen LogP) is 3.08. The van der Waals surface area contributed by atoms with Gasteiger partial charge in [0.15, 0.2) is 11.6 Å². The van der Waals surface area contributed by atoms with Crippen LogP contribution >= 0.6 is 0 Å². The van der Waals surface area contributed by atoms with Crippen molar-refractivity contribution in [1.29, 1.82) is 0 Å². The number of rotatable bonds is 5. The van der Waals surface area contributed by atoms with Gasteiger partial charge in [0.2, 0.25) is 5.91 Å². The number of halogens is 1. The Morgan fingerprint density at radius 3 is 2.67 bits per heavy atom. The summed E-state index contributed by atoms with van der Waals surface area (Å²) in [5.74, 6) is 1.40. The first-order valence-corrected chi connectivity index (χ1v) is 10.9. The molecular weight excluding hydrogens is 383 g/mol. The number of likely N-dealkylation sites (tertiary alicyclic amines) is 1. The third kappa shape index (κ3) is 3.62. The summed E-state index contributed by atoms with van der Waals surface area (Å²) in [6, 6.07) is 10.2. The van der Waals surface area contributed by atoms with Gasteiger partial charge >= 0.3 is 0 Å². The molecule has 1 aromatic heterocycles. The van der Waals surface area contributed by atoms with E-state index < -0.39 is 0 Å². The lowest BCUT2D eigenvalue weighted by atomic mass is 10.2. The topological polar surface area (TPSA) is 48.9 Å². The van der Waals surface area contributed by atoms with Crippen molar-refractivity contribution in [3.63, 3.8) is 0 Å². The Hall–Kier alpha value is -2.67. The SMILES string of the molecule is O=C1[C@H](N2CC[C@@H](Oc3cccnc3N3CCCC3)C2)CCN1c1ccccc1F. The van der Waals surface area contributed by atoms with E-state index in [4.69, 9.17) is 4.74 Å². The summed E-state index contributed by atoms with van der Waals surface area (Å²) in [4.78, 5) is 23.6. The monoisotopic (exact) mass is 410 g/mol. The Balaban J connectivity index is 1.24. The minimum atomic E-state index is -0.347. The summed E-state index contributed by atoms with van der Waals surface area (Å²) in [5.41, 5.74) is 0.377. The number of amides is 1. The fourth-order valence-electron chi connectivity index (χ4n) is 4.87. The molecule has 5 rings (SSSR count). The third-order valence-corrected chi connectivity index (χ3v) is 6.39. The van der Waals surface area contributed by atoms with Crippen LogP contribution in [0.5, 0.6) is 5.75 Å². The lowest BCUT2D eigenvalue weighted by Gasteiger charge is -2.24. The maximum atomic E-state index is 14.2. The highest BCUT2D eigenvalue weighted by molar-refractivity contribution is 5.99. The molecule has 2 aromatic rings. The zero-order valence-corrected chi connectivity index (χ0v) is 17.0. The van der Waals surface area contributed by atoms with Crippen molar-refractivity contribution in [3.8, 4) is 5.75 Å². The van der Waals surface area contributed by atoms with Crippen LogP contribution in [0, 0.1) is 5.82 Å². The molecule has 7 heteroatoms. The van der Waals surface area contributed by atoms with Crippen LogP contribution in [0.3, 0.4) is 0 Å². The Kier molecular flexibility index (Phi) is 5.29. The van der Waals surface area contributed by atoms with Gasteiger partial charge in [-0.15, -0.1) is 0 Å². The average Bonchev–Trinajstić information content (AvgIpc) is 3.51. The molecule has 4 heterocycles. The second-order valence-electron chi connectivity index (χ2n) is 8.29. The molecule has 3 aliphatic heterocycles. The number of hydrogen-bond donors (Lipinski definition) is 0. The van der Waals surface area contributed by atoms with Gasteiger partial charge in [-0.05, 0) is 49.9 Å². The number of nitrogens with zero attached hydrogens (tertiary/aromatic N) is 4. The second kappa shape index (κ2) is 8.22. The summed E-state index contributed by atoms with van der Waals surface area (Å²) in [6.45, 7) is 4.11. The van der Waals surface area contributed by atoms with Crippen molar-refractivity contribution in [2.45, 2.75) is 37.8 Å². The van der Waals surface area contributed by atoms with E-state index >= 15 is 0 Å². The molecule has 3 aliphatic rings. The van der Waals surface area contributed by atoms with Crippen LogP contribution < -0.4 is 14.5 Å². The first kappa shape index (κ1) is 19.3. The van der Waals surface area contributed by atoms with E-state index in [1.807, 2.05) is 18.3 Å². The summed E-state index contributed by atoms with van der Waals surface area (Å²) in [5, 5.41) is 0. The molecule has 3 fully saturated rings. The van der Waals surface area contributed by atoms with Crippen molar-refractivity contribution in [1.82, 2.24) is 9.88 Å². The number of carbonyl (C=O) groups excluding carboxylic acids is 1. The molecule has 0 unspecified atom stereocenters. The number of carbonyl (C=O) groups is 1. The molecule has 30 heavy (non-hydrogen) atoms. The number of pyridine rings is 1. The van der Waals surface area contributed by atoms with E-state index in [1.165, 1.54) is 18.9 Å². The van der Waals surface area contributed by atoms with Gasteiger partial charge in [0.25, 0.3) is 0 Å². The van der Waals surface area contributed by atoms with Crippen molar-refractivity contribution < 1.29 is 13.9 Å². The van der Waals surface area contributed by atoms with Crippen LogP contribution in [0.2, 0.25) is 0 Å². The zero-order chi connectivity index (χ0) is 20.5. The van der Waals surface area contributed by atoms with Crippen LogP contribution in [0.4, 0.5) is 15.9 Å². The smallest absolute Gasteiger partial charge is 0.244 e. The van der Waals surface area contributed by atoms with Gasteiger partial charge in [-0.3, -0.25) is 9.69 Å². The number of benzene rings is 1. The van der Waals surface area contributed by atoms with Gasteiger partial charge in [-0.25, -0.2) is 9.37 Å². The van der Waals surface area contributed by atoms with Crippen LogP contribution in [-0.2, 0) is 4.79 Å². The number of ether oxygens (including phenoxy) is 1. The van der Waals surface area contributed by atoms with Gasteiger partial charge in [-0.2, -0.15) is 0 Å². The maximum Gasteiger partial charge on any atom is 0.244 e. The molecule has 158 valence electrons. The summed E-state index contributed by atoms with van der Waals surface area (Å²) in [6.07, 6.45) is 5.82. The van der Waals surface area contributed by atoms with E-state index in [-0.39, 0.29) is 23.9 Å². The molecule has 0 aliphatic carbocycles. The Bertz CT molecular complexity index is 918. The van der Waals surface area contributed by atoms with Gasteiger partial charge in [0.05, 0.1) is 11.7 Å². The molecule has 3 saturated heterocycles. The first-order valence-electron chi connectivity index (χ1n) is 10.9. The fraction of sp³-hybridized carbons (Fsp3) is 0.478. The normalized spacial score (nSPS) is 24.8. The molecule has 0 N–H and O–H groups in total. The van der Waals surface area contributed by atoms with Gasteiger partial charge in [0.1, 0.15) is 11.9 Å². The molecule has 1 amide bonds. The highest BCUT2D eigenvalue weighted by atomic mass is 19.1. The van der Waals surface area contributed by atoms with Crippen LogP contribution in [-0.4, -0.2) is 60.7 Å². The fourth-order valence-corrected chi connectivity index (χ4v) is 4.87. The van der Waals surface area contributed by atoms with Crippen molar-refractivity contribution in [2.24, 2.45) is 0 Å². The summed E-state index contributed by atoms with van der Waals surface area (Å²) < 4.78 is 20.5. The minimum absolute atomic E-state index is 0.0140. The Labute approximate surface area is 176 Å². The predicted molar refractivity (Wildman–Crippen MR) is 113 cm³/mol. The standard InChI is InChI=1S/C23H27FN4O2/c24-18-6-1-2-7-19(18)28-15-10-20(23(28)29)27-14-9-17(16-27)30-21-8-5-11-25-22(21)26-12-3-4-13-26/h1-2,5-8,11,17,20H,3-4,9-10,12-16H2/t17-,20-/m1/s1. The second-order valence-corrected chi connectivity index (χ2v) is 8.29. The molecule has 6 nitrogen and oxygen atoms in total. The Morgan fingerprint density at radius 2 is 1.83 bits per heavy atom. The zero-order valence-electron chi connectivity index (χ0n) is 17.0. The van der Waals surface area contributed by atoms with Gasteiger partial charge in [-0.1, -0.05) is 12.1 Å². The number of para-hydroxylation sites is 1. The van der Waals surface area contributed by atoms with Crippen molar-refractivity contribution >= 4 is 17.4 Å². The van der Waals surface area contributed by atoms with E-state index in [9.17, 15) is 9.18 Å². The average molecular weight is 410 g/mol. The number of hydrogen-bond acceptors (Lipinski definition) is 5. The van der Waals surface area contributed by atoms with Crippen molar-refractivity contribution in [2.75, 3.05) is 42.5 Å². The first-order chi connectivity index (χ1) is 14.7. The van der Waals surface area contributed by atoms with E-state index in [0.29, 0.717) is 25.2 Å². The van der Waals surface area contributed by atoms with Gasteiger partial charge < -0.3 is 14.5 Å². The molecule has 0 radical (unpaired) electrons. The summed E-state index contributed by atoms with van der Waals surface area (Å²) >= 11 is 0. The lowest BCUT2D eigenvalue weighted by Crippen LogP contribution is -2.41. The largest absolute Gasteiger partial charge is 0.485 e. The third-order valence-electron chi connectivity index (χ3n) is 6.39. The molecular formula is C23H27FN4O2.